The highest BCUT2D eigenvalue weighted by Gasteiger charge is 2.11. The van der Waals surface area contributed by atoms with Gasteiger partial charge in [-0.25, -0.2) is 4.98 Å². The number of nitrogens with zero attached hydrogens (tertiary/aromatic N) is 4. The highest BCUT2D eigenvalue weighted by atomic mass is 16.1. The lowest BCUT2D eigenvalue weighted by Crippen LogP contribution is -2.27. The molecule has 0 unspecified atom stereocenters. The Labute approximate surface area is 135 Å². The van der Waals surface area contributed by atoms with E-state index in [1.54, 1.807) is 6.20 Å². The summed E-state index contributed by atoms with van der Waals surface area (Å²) in [4.78, 5) is 16.4. The zero-order chi connectivity index (χ0) is 16.4. The Balaban J connectivity index is 1.71. The van der Waals surface area contributed by atoms with E-state index in [9.17, 15) is 4.79 Å². The molecule has 0 aliphatic carbocycles. The summed E-state index contributed by atoms with van der Waals surface area (Å²) < 4.78 is 3.72. The van der Waals surface area contributed by atoms with Crippen LogP contribution in [0.5, 0.6) is 0 Å². The third-order valence-corrected chi connectivity index (χ3v) is 3.97. The van der Waals surface area contributed by atoms with E-state index in [2.05, 4.69) is 40.5 Å². The van der Waals surface area contributed by atoms with Crippen molar-refractivity contribution >= 4 is 16.8 Å². The van der Waals surface area contributed by atoms with Gasteiger partial charge in [0.15, 0.2) is 0 Å². The lowest BCUT2D eigenvalue weighted by molar-refractivity contribution is -0.121. The van der Waals surface area contributed by atoms with Crippen molar-refractivity contribution in [2.24, 2.45) is 7.05 Å². The summed E-state index contributed by atoms with van der Waals surface area (Å²) in [6, 6.07) is 6.23. The van der Waals surface area contributed by atoms with Crippen molar-refractivity contribution in [1.82, 2.24) is 24.6 Å². The number of rotatable bonds is 5. The van der Waals surface area contributed by atoms with Gasteiger partial charge in [0.1, 0.15) is 12.4 Å². The fourth-order valence-electron chi connectivity index (χ4n) is 2.77. The molecule has 120 valence electrons. The molecule has 6 nitrogen and oxygen atoms in total. The number of benzene rings is 1. The first kappa shape index (κ1) is 15.3. The standard InChI is InChI=1S/C17H21N5O/c1-4-16-18-7-8-22(16)11-17(23)19-10-14-13-9-12(2)5-6-15(13)21(3)20-14/h5-9H,4,10-11H2,1-3H3,(H,19,23). The van der Waals surface area contributed by atoms with Crippen molar-refractivity contribution in [3.05, 3.63) is 47.7 Å². The molecule has 23 heavy (non-hydrogen) atoms. The molecule has 1 N–H and O–H groups in total. The van der Waals surface area contributed by atoms with Crippen LogP contribution in [0.4, 0.5) is 0 Å². The Hall–Kier alpha value is -2.63. The second kappa shape index (κ2) is 6.24. The number of aryl methyl sites for hydroxylation is 3. The van der Waals surface area contributed by atoms with E-state index in [4.69, 9.17) is 0 Å². The van der Waals surface area contributed by atoms with Crippen LogP contribution >= 0.6 is 0 Å². The minimum Gasteiger partial charge on any atom is -0.349 e. The van der Waals surface area contributed by atoms with Crippen molar-refractivity contribution in [3.63, 3.8) is 0 Å². The second-order valence-electron chi connectivity index (χ2n) is 5.69. The van der Waals surface area contributed by atoms with E-state index in [0.717, 1.165) is 28.8 Å². The SMILES string of the molecule is CCc1nccn1CC(=O)NCc1nn(C)c2ccc(C)cc12. The van der Waals surface area contributed by atoms with Gasteiger partial charge >= 0.3 is 0 Å². The van der Waals surface area contributed by atoms with E-state index in [1.165, 1.54) is 5.56 Å². The number of carbonyl (C=O) groups is 1. The topological polar surface area (TPSA) is 64.7 Å². The molecule has 0 bridgehead atoms. The Bertz CT molecular complexity index is 846. The van der Waals surface area contributed by atoms with Crippen molar-refractivity contribution in [1.29, 1.82) is 0 Å². The quantitative estimate of drug-likeness (QED) is 0.783. The van der Waals surface area contributed by atoms with E-state index in [0.29, 0.717) is 6.54 Å². The van der Waals surface area contributed by atoms with Gasteiger partial charge in [-0.05, 0) is 19.1 Å². The molecule has 0 atom stereocenters. The zero-order valence-corrected chi connectivity index (χ0v) is 13.7. The van der Waals surface area contributed by atoms with Gasteiger partial charge in [0, 0.05) is 31.2 Å². The molecule has 1 amide bonds. The molecule has 2 aromatic heterocycles. The highest BCUT2D eigenvalue weighted by Crippen LogP contribution is 2.19. The summed E-state index contributed by atoms with van der Waals surface area (Å²) in [6.07, 6.45) is 4.36. The van der Waals surface area contributed by atoms with Gasteiger partial charge in [-0.2, -0.15) is 5.10 Å². The number of carbonyl (C=O) groups excluding carboxylic acids is 1. The normalized spacial score (nSPS) is 11.1. The molecule has 1 aromatic carbocycles. The van der Waals surface area contributed by atoms with Gasteiger partial charge in [-0.1, -0.05) is 18.6 Å². The third kappa shape index (κ3) is 3.11. The number of fused-ring (bicyclic) bond motifs is 1. The number of amides is 1. The predicted octanol–water partition coefficient (Wildman–Crippen LogP) is 1.96. The maximum atomic E-state index is 12.2. The second-order valence-corrected chi connectivity index (χ2v) is 5.69. The third-order valence-electron chi connectivity index (χ3n) is 3.97. The van der Waals surface area contributed by atoms with Crippen molar-refractivity contribution in [2.45, 2.75) is 33.4 Å². The number of hydrogen-bond donors (Lipinski definition) is 1. The molecule has 3 aromatic rings. The minimum absolute atomic E-state index is 0.0378. The van der Waals surface area contributed by atoms with Crippen LogP contribution in [0.15, 0.2) is 30.6 Å². The Kier molecular flexibility index (Phi) is 4.14. The Morgan fingerprint density at radius 1 is 1.35 bits per heavy atom. The number of imidazole rings is 1. The van der Waals surface area contributed by atoms with Crippen LogP contribution in [-0.2, 0) is 31.4 Å². The summed E-state index contributed by atoms with van der Waals surface area (Å²) in [5.74, 6) is 0.878. The van der Waals surface area contributed by atoms with Crippen LogP contribution < -0.4 is 5.32 Å². The molecule has 0 aliphatic heterocycles. The average Bonchev–Trinajstić information content (AvgIpc) is 3.09. The molecule has 0 fully saturated rings. The molecule has 2 heterocycles. The highest BCUT2D eigenvalue weighted by molar-refractivity contribution is 5.83. The average molecular weight is 311 g/mol. The number of aromatic nitrogens is 4. The molecule has 0 radical (unpaired) electrons. The van der Waals surface area contributed by atoms with Gasteiger partial charge in [0.25, 0.3) is 0 Å². The summed E-state index contributed by atoms with van der Waals surface area (Å²) in [7, 11) is 1.92. The van der Waals surface area contributed by atoms with Crippen LogP contribution in [0.1, 0.15) is 24.0 Å². The summed E-state index contributed by atoms with van der Waals surface area (Å²) in [5.41, 5.74) is 3.15. The Morgan fingerprint density at radius 2 is 2.17 bits per heavy atom. The van der Waals surface area contributed by atoms with Gasteiger partial charge in [-0.3, -0.25) is 9.48 Å². The lowest BCUT2D eigenvalue weighted by Gasteiger charge is -2.07. The van der Waals surface area contributed by atoms with E-state index >= 15 is 0 Å². The fraction of sp³-hybridized carbons (Fsp3) is 0.353. The van der Waals surface area contributed by atoms with E-state index < -0.39 is 0 Å². The van der Waals surface area contributed by atoms with Crippen molar-refractivity contribution in [3.8, 4) is 0 Å². The smallest absolute Gasteiger partial charge is 0.240 e. The molecule has 6 heteroatoms. The van der Waals surface area contributed by atoms with Gasteiger partial charge in [-0.15, -0.1) is 0 Å². The van der Waals surface area contributed by atoms with E-state index in [1.807, 2.05) is 29.4 Å². The summed E-state index contributed by atoms with van der Waals surface area (Å²) >= 11 is 0. The molecular weight excluding hydrogens is 290 g/mol. The van der Waals surface area contributed by atoms with E-state index in [-0.39, 0.29) is 12.5 Å². The lowest BCUT2D eigenvalue weighted by atomic mass is 10.1. The largest absolute Gasteiger partial charge is 0.349 e. The first-order chi connectivity index (χ1) is 11.1. The molecule has 0 aliphatic rings. The molecule has 0 spiro atoms. The zero-order valence-electron chi connectivity index (χ0n) is 13.7. The van der Waals surface area contributed by atoms with Crippen LogP contribution in [0.2, 0.25) is 0 Å². The summed E-state index contributed by atoms with van der Waals surface area (Å²) in [6.45, 7) is 4.79. The Morgan fingerprint density at radius 3 is 2.96 bits per heavy atom. The van der Waals surface area contributed by atoms with Crippen LogP contribution in [0, 0.1) is 6.92 Å². The van der Waals surface area contributed by atoms with Gasteiger partial charge < -0.3 is 9.88 Å². The van der Waals surface area contributed by atoms with Crippen molar-refractivity contribution in [2.75, 3.05) is 0 Å². The maximum Gasteiger partial charge on any atom is 0.240 e. The first-order valence-electron chi connectivity index (χ1n) is 7.77. The first-order valence-corrected chi connectivity index (χ1v) is 7.77. The minimum atomic E-state index is -0.0378. The van der Waals surface area contributed by atoms with Crippen molar-refractivity contribution < 1.29 is 4.79 Å². The van der Waals surface area contributed by atoms with Gasteiger partial charge in [0.2, 0.25) is 5.91 Å². The van der Waals surface area contributed by atoms with Crippen LogP contribution in [0.3, 0.4) is 0 Å². The number of hydrogen-bond acceptors (Lipinski definition) is 3. The predicted molar refractivity (Wildman–Crippen MR) is 88.9 cm³/mol. The van der Waals surface area contributed by atoms with Crippen LogP contribution in [0.25, 0.3) is 10.9 Å². The molecule has 0 saturated heterocycles. The maximum absolute atomic E-state index is 12.2. The molecular formula is C17H21N5O. The summed E-state index contributed by atoms with van der Waals surface area (Å²) in [5, 5.41) is 8.55. The molecule has 0 saturated carbocycles. The monoisotopic (exact) mass is 311 g/mol. The fourth-order valence-corrected chi connectivity index (χ4v) is 2.77. The molecule has 3 rings (SSSR count). The van der Waals surface area contributed by atoms with Crippen LogP contribution in [-0.4, -0.2) is 25.2 Å². The van der Waals surface area contributed by atoms with Gasteiger partial charge in [0.05, 0.1) is 17.8 Å². The number of nitrogens with one attached hydrogen (secondary N) is 1.